The number of carbonyl (C=O) groups excluding carboxylic acids is 1. The molecule has 0 radical (unpaired) electrons. The van der Waals surface area contributed by atoms with Crippen molar-refractivity contribution in [3.05, 3.63) is 24.0 Å². The van der Waals surface area contributed by atoms with Crippen molar-refractivity contribution >= 4 is 11.7 Å². The molecule has 134 valence electrons. The summed E-state index contributed by atoms with van der Waals surface area (Å²) in [5.74, 6) is -0.465. The van der Waals surface area contributed by atoms with Gasteiger partial charge in [0.1, 0.15) is 11.4 Å². The first-order valence-corrected chi connectivity index (χ1v) is 7.47. The summed E-state index contributed by atoms with van der Waals surface area (Å²) in [4.78, 5) is 14.9. The average molecular weight is 349 g/mol. The monoisotopic (exact) mass is 349 g/mol. The summed E-state index contributed by atoms with van der Waals surface area (Å²) in [7, 11) is 1.35. The van der Waals surface area contributed by atoms with Crippen LogP contribution in [0.4, 0.5) is 28.0 Å². The molecular weight excluding hydrogens is 330 g/mol. The van der Waals surface area contributed by atoms with Gasteiger partial charge in [0.25, 0.3) is 0 Å². The predicted molar refractivity (Wildman–Crippen MR) is 80.7 cm³/mol. The molecule has 1 fully saturated rings. The van der Waals surface area contributed by atoms with Gasteiger partial charge in [-0.15, -0.1) is 0 Å². The first-order valence-electron chi connectivity index (χ1n) is 7.47. The van der Waals surface area contributed by atoms with E-state index in [1.165, 1.54) is 35.1 Å². The maximum absolute atomic E-state index is 13.8. The number of nitrogens with zero attached hydrogens (tertiary/aromatic N) is 2. The van der Waals surface area contributed by atoms with E-state index in [4.69, 9.17) is 4.74 Å². The molecule has 1 saturated heterocycles. The van der Waals surface area contributed by atoms with Crippen LogP contribution in [-0.4, -0.2) is 61.8 Å². The molecule has 2 rings (SSSR count). The summed E-state index contributed by atoms with van der Waals surface area (Å²) in [5.41, 5.74) is -0.0820. The van der Waals surface area contributed by atoms with Crippen LogP contribution in [0.25, 0.3) is 0 Å². The van der Waals surface area contributed by atoms with Gasteiger partial charge in [0.2, 0.25) is 0 Å². The maximum atomic E-state index is 13.8. The minimum Gasteiger partial charge on any atom is -0.494 e. The minimum absolute atomic E-state index is 0.0820. The van der Waals surface area contributed by atoms with E-state index >= 15 is 0 Å². The third kappa shape index (κ3) is 4.98. The van der Waals surface area contributed by atoms with Crippen molar-refractivity contribution in [2.24, 2.45) is 0 Å². The zero-order chi connectivity index (χ0) is 17.7. The Labute approximate surface area is 137 Å². The lowest BCUT2D eigenvalue weighted by Crippen LogP contribution is -2.40. The number of hydrogen-bond acceptors (Lipinski definition) is 3. The number of nitrogens with one attached hydrogen (secondary N) is 1. The van der Waals surface area contributed by atoms with Crippen LogP contribution in [-0.2, 0) is 0 Å². The van der Waals surface area contributed by atoms with Crippen LogP contribution in [0.15, 0.2) is 18.2 Å². The highest BCUT2D eigenvalue weighted by Crippen LogP contribution is 2.27. The first kappa shape index (κ1) is 18.3. The van der Waals surface area contributed by atoms with Gasteiger partial charge in [-0.25, -0.2) is 9.18 Å². The lowest BCUT2D eigenvalue weighted by molar-refractivity contribution is -0.145. The van der Waals surface area contributed by atoms with E-state index in [0.29, 0.717) is 13.0 Å². The molecule has 1 heterocycles. The van der Waals surface area contributed by atoms with Crippen LogP contribution in [0.5, 0.6) is 5.75 Å². The molecule has 1 N–H and O–H groups in total. The average Bonchev–Trinajstić information content (AvgIpc) is 2.73. The van der Waals surface area contributed by atoms with Gasteiger partial charge in [-0.3, -0.25) is 4.90 Å². The van der Waals surface area contributed by atoms with E-state index in [2.05, 4.69) is 5.32 Å². The number of alkyl halides is 3. The lowest BCUT2D eigenvalue weighted by Gasteiger charge is -2.23. The number of carbonyl (C=O) groups is 1. The molecule has 1 aromatic rings. The number of amides is 2. The smallest absolute Gasteiger partial charge is 0.401 e. The molecule has 5 nitrogen and oxygen atoms in total. The fourth-order valence-electron chi connectivity index (χ4n) is 2.57. The van der Waals surface area contributed by atoms with Gasteiger partial charge in [0, 0.05) is 26.2 Å². The van der Waals surface area contributed by atoms with E-state index in [0.717, 1.165) is 0 Å². The highest BCUT2D eigenvalue weighted by molar-refractivity contribution is 5.91. The Kier molecular flexibility index (Phi) is 5.87. The van der Waals surface area contributed by atoms with Crippen LogP contribution < -0.4 is 10.1 Å². The summed E-state index contributed by atoms with van der Waals surface area (Å²) in [6, 6.07) is 3.58. The van der Waals surface area contributed by atoms with E-state index < -0.39 is 24.6 Å². The first-order chi connectivity index (χ1) is 11.3. The largest absolute Gasteiger partial charge is 0.494 e. The number of para-hydroxylation sites is 1. The zero-order valence-electron chi connectivity index (χ0n) is 13.2. The summed E-state index contributed by atoms with van der Waals surface area (Å²) >= 11 is 0. The summed E-state index contributed by atoms with van der Waals surface area (Å²) < 4.78 is 56.2. The third-order valence-electron chi connectivity index (χ3n) is 3.71. The Morgan fingerprint density at radius 3 is 2.67 bits per heavy atom. The van der Waals surface area contributed by atoms with Crippen LogP contribution in [0.1, 0.15) is 6.42 Å². The number of methoxy groups -OCH3 is 1. The van der Waals surface area contributed by atoms with Crippen LogP contribution in [0.2, 0.25) is 0 Å². The molecular formula is C15H19F4N3O2. The van der Waals surface area contributed by atoms with Crippen molar-refractivity contribution in [1.29, 1.82) is 0 Å². The molecule has 0 atom stereocenters. The number of rotatable bonds is 3. The predicted octanol–water partition coefficient (Wildman–Crippen LogP) is 2.94. The van der Waals surface area contributed by atoms with Crippen molar-refractivity contribution < 1.29 is 27.1 Å². The molecule has 0 aromatic heterocycles. The van der Waals surface area contributed by atoms with Crippen LogP contribution >= 0.6 is 0 Å². The van der Waals surface area contributed by atoms with Gasteiger partial charge in [-0.1, -0.05) is 6.07 Å². The third-order valence-corrected chi connectivity index (χ3v) is 3.71. The second-order valence-corrected chi connectivity index (χ2v) is 5.48. The quantitative estimate of drug-likeness (QED) is 0.854. The molecule has 0 aliphatic carbocycles. The topological polar surface area (TPSA) is 44.8 Å². The fourth-order valence-corrected chi connectivity index (χ4v) is 2.57. The molecule has 2 amide bonds. The number of hydrogen-bond donors (Lipinski definition) is 1. The number of ether oxygens (including phenoxy) is 1. The number of urea groups is 1. The highest BCUT2D eigenvalue weighted by atomic mass is 19.4. The lowest BCUT2D eigenvalue weighted by atomic mass is 10.3. The van der Waals surface area contributed by atoms with Crippen LogP contribution in [0.3, 0.4) is 0 Å². The van der Waals surface area contributed by atoms with E-state index in [1.54, 1.807) is 0 Å². The van der Waals surface area contributed by atoms with Gasteiger partial charge < -0.3 is 15.0 Å². The summed E-state index contributed by atoms with van der Waals surface area (Å²) in [5, 5.41) is 2.44. The van der Waals surface area contributed by atoms with E-state index in [9.17, 15) is 22.4 Å². The van der Waals surface area contributed by atoms with Gasteiger partial charge in [-0.05, 0) is 18.6 Å². The molecule has 0 spiro atoms. The van der Waals surface area contributed by atoms with Gasteiger partial charge >= 0.3 is 12.2 Å². The summed E-state index contributed by atoms with van der Waals surface area (Å²) in [6.07, 6.45) is -3.85. The Bertz CT molecular complexity index is 580. The highest BCUT2D eigenvalue weighted by Gasteiger charge is 2.32. The Morgan fingerprint density at radius 2 is 2.00 bits per heavy atom. The van der Waals surface area contributed by atoms with Gasteiger partial charge in [-0.2, -0.15) is 13.2 Å². The standard InChI is InChI=1S/C15H19F4N3O2/c1-24-12-5-2-4-11(16)13(12)20-14(23)22-7-3-6-21(8-9-22)10-15(17,18)19/h2,4-5H,3,6-10H2,1H3,(H,20,23). The fraction of sp³-hybridized carbons (Fsp3) is 0.533. The van der Waals surface area contributed by atoms with Crippen molar-refractivity contribution in [3.63, 3.8) is 0 Å². The normalized spacial score (nSPS) is 16.6. The number of halogens is 4. The minimum atomic E-state index is -4.27. The summed E-state index contributed by atoms with van der Waals surface area (Å²) in [6.45, 7) is -0.188. The molecule has 1 aliphatic rings. The maximum Gasteiger partial charge on any atom is 0.401 e. The number of benzene rings is 1. The Balaban J connectivity index is 1.99. The molecule has 0 unspecified atom stereocenters. The molecule has 0 bridgehead atoms. The zero-order valence-corrected chi connectivity index (χ0v) is 13.2. The van der Waals surface area contributed by atoms with Crippen molar-refractivity contribution in [3.8, 4) is 5.75 Å². The van der Waals surface area contributed by atoms with Crippen molar-refractivity contribution in [2.45, 2.75) is 12.6 Å². The van der Waals surface area contributed by atoms with E-state index in [1.807, 2.05) is 0 Å². The molecule has 1 aromatic carbocycles. The Hall–Kier alpha value is -2.03. The SMILES string of the molecule is COc1cccc(F)c1NC(=O)N1CCCN(CC(F)(F)F)CC1. The van der Waals surface area contributed by atoms with Gasteiger partial charge in [0.15, 0.2) is 5.82 Å². The van der Waals surface area contributed by atoms with E-state index in [-0.39, 0.29) is 31.1 Å². The second-order valence-electron chi connectivity index (χ2n) is 5.48. The molecule has 0 saturated carbocycles. The van der Waals surface area contributed by atoms with Crippen LogP contribution in [0, 0.1) is 5.82 Å². The number of anilines is 1. The molecule has 24 heavy (non-hydrogen) atoms. The molecule has 1 aliphatic heterocycles. The van der Waals surface area contributed by atoms with Gasteiger partial charge in [0.05, 0.1) is 13.7 Å². The van der Waals surface area contributed by atoms with Crippen molar-refractivity contribution in [2.75, 3.05) is 45.2 Å². The Morgan fingerprint density at radius 1 is 1.25 bits per heavy atom. The van der Waals surface area contributed by atoms with Crippen molar-refractivity contribution in [1.82, 2.24) is 9.80 Å². The second kappa shape index (κ2) is 7.69. The molecule has 9 heteroatoms.